The van der Waals surface area contributed by atoms with Crippen molar-refractivity contribution in [3.05, 3.63) is 83.0 Å². The van der Waals surface area contributed by atoms with Crippen LogP contribution in [0.1, 0.15) is 44.9 Å². The SMILES string of the molecule is CCOC(=O)C1=C(C)N=c2sc(=Cc3cc(Br)c(OC)cc3OC)c(=O)n2[C@@H]1c1ccc(OC(C)C)cc1. The number of rotatable bonds is 8. The molecule has 0 radical (unpaired) electrons. The van der Waals surface area contributed by atoms with Gasteiger partial charge in [0, 0.05) is 11.6 Å². The molecule has 0 aliphatic carbocycles. The molecule has 1 aliphatic rings. The predicted octanol–water partition coefficient (Wildman–Crippen LogP) is 4.37. The third kappa shape index (κ3) is 5.42. The quantitative estimate of drug-likeness (QED) is 0.357. The van der Waals surface area contributed by atoms with Crippen molar-refractivity contribution in [1.82, 2.24) is 4.57 Å². The Bertz CT molecular complexity index is 1570. The molecule has 0 unspecified atom stereocenters. The first-order chi connectivity index (χ1) is 18.2. The molecule has 2 aromatic carbocycles. The zero-order valence-corrected chi connectivity index (χ0v) is 24.4. The standard InChI is InChI=1S/C28H29BrN2O6S/c1-7-36-27(33)24-16(4)30-28-31(25(24)17-8-10-19(11-9-17)37-15(2)3)26(32)23(38-28)13-18-12-20(29)22(35-6)14-21(18)34-5/h8-15,25H,7H2,1-6H3/t25-/m1/s1. The van der Waals surface area contributed by atoms with E-state index in [1.54, 1.807) is 44.8 Å². The maximum Gasteiger partial charge on any atom is 0.338 e. The van der Waals surface area contributed by atoms with Crippen molar-refractivity contribution in [1.29, 1.82) is 0 Å². The van der Waals surface area contributed by atoms with Gasteiger partial charge in [0.2, 0.25) is 0 Å². The van der Waals surface area contributed by atoms with E-state index >= 15 is 0 Å². The Morgan fingerprint density at radius 2 is 1.84 bits per heavy atom. The van der Waals surface area contributed by atoms with E-state index in [0.29, 0.717) is 43.4 Å². The van der Waals surface area contributed by atoms with Gasteiger partial charge in [-0.3, -0.25) is 9.36 Å². The number of hydrogen-bond acceptors (Lipinski definition) is 8. The first-order valence-electron chi connectivity index (χ1n) is 12.1. The van der Waals surface area contributed by atoms with Gasteiger partial charge in [-0.2, -0.15) is 0 Å². The molecule has 1 atom stereocenters. The molecule has 38 heavy (non-hydrogen) atoms. The van der Waals surface area contributed by atoms with Gasteiger partial charge >= 0.3 is 5.97 Å². The van der Waals surface area contributed by atoms with Crippen molar-refractivity contribution in [2.24, 2.45) is 4.99 Å². The molecule has 0 bridgehead atoms. The number of carbonyl (C=O) groups excluding carboxylic acids is 1. The van der Waals surface area contributed by atoms with Gasteiger partial charge in [-0.25, -0.2) is 9.79 Å². The van der Waals surface area contributed by atoms with Gasteiger partial charge < -0.3 is 18.9 Å². The van der Waals surface area contributed by atoms with Gasteiger partial charge in [-0.05, 0) is 73.5 Å². The van der Waals surface area contributed by atoms with Crippen LogP contribution < -0.4 is 29.1 Å². The molecule has 2 heterocycles. The summed E-state index contributed by atoms with van der Waals surface area (Å²) in [6.07, 6.45) is 1.78. The number of aromatic nitrogens is 1. The molecule has 8 nitrogen and oxygen atoms in total. The number of carbonyl (C=O) groups is 1. The van der Waals surface area contributed by atoms with Crippen LogP contribution in [0.3, 0.4) is 0 Å². The zero-order valence-electron chi connectivity index (χ0n) is 22.0. The van der Waals surface area contributed by atoms with E-state index in [-0.39, 0.29) is 18.3 Å². The summed E-state index contributed by atoms with van der Waals surface area (Å²) in [4.78, 5) is 32.1. The summed E-state index contributed by atoms with van der Waals surface area (Å²) in [6.45, 7) is 7.62. The molecule has 0 amide bonds. The molecule has 0 fully saturated rings. The van der Waals surface area contributed by atoms with Crippen molar-refractivity contribution in [2.75, 3.05) is 20.8 Å². The number of hydrogen-bond donors (Lipinski definition) is 0. The molecular formula is C28H29BrN2O6S. The first kappa shape index (κ1) is 27.7. The van der Waals surface area contributed by atoms with Crippen molar-refractivity contribution in [3.8, 4) is 17.2 Å². The minimum absolute atomic E-state index is 0.0192. The largest absolute Gasteiger partial charge is 0.496 e. The molecule has 3 aromatic rings. The number of esters is 1. The lowest BCUT2D eigenvalue weighted by Gasteiger charge is -2.25. The summed E-state index contributed by atoms with van der Waals surface area (Å²) in [7, 11) is 3.13. The number of thiazole rings is 1. The Morgan fingerprint density at radius 3 is 2.45 bits per heavy atom. The summed E-state index contributed by atoms with van der Waals surface area (Å²) in [5.74, 6) is 1.36. The zero-order chi connectivity index (χ0) is 27.6. The molecule has 0 spiro atoms. The van der Waals surface area contributed by atoms with E-state index in [0.717, 1.165) is 10.0 Å². The summed E-state index contributed by atoms with van der Waals surface area (Å²) in [5, 5.41) is 0. The van der Waals surface area contributed by atoms with Crippen molar-refractivity contribution < 1.29 is 23.7 Å². The van der Waals surface area contributed by atoms with Crippen LogP contribution >= 0.6 is 27.3 Å². The number of halogens is 1. The van der Waals surface area contributed by atoms with Crippen LogP contribution in [0, 0.1) is 0 Å². The Kier molecular flexibility index (Phi) is 8.42. The Labute approximate surface area is 233 Å². The average molecular weight is 602 g/mol. The van der Waals surface area contributed by atoms with Crippen molar-refractivity contribution >= 4 is 39.3 Å². The number of fused-ring (bicyclic) bond motifs is 1. The predicted molar refractivity (Wildman–Crippen MR) is 150 cm³/mol. The molecule has 4 rings (SSSR count). The highest BCUT2D eigenvalue weighted by atomic mass is 79.9. The van der Waals surface area contributed by atoms with E-state index < -0.39 is 12.0 Å². The highest BCUT2D eigenvalue weighted by molar-refractivity contribution is 9.10. The third-order valence-electron chi connectivity index (χ3n) is 5.88. The fraction of sp³-hybridized carbons (Fsp3) is 0.321. The molecular weight excluding hydrogens is 572 g/mol. The van der Waals surface area contributed by atoms with Gasteiger partial charge in [0.25, 0.3) is 5.56 Å². The number of allylic oxidation sites excluding steroid dienone is 1. The second-order valence-electron chi connectivity index (χ2n) is 8.77. The fourth-order valence-corrected chi connectivity index (χ4v) is 5.81. The summed E-state index contributed by atoms with van der Waals surface area (Å²) in [5.41, 5.74) is 2.00. The Balaban J connectivity index is 1.92. The Hall–Kier alpha value is -3.37. The lowest BCUT2D eigenvalue weighted by atomic mass is 9.96. The van der Waals surface area contributed by atoms with E-state index in [1.807, 2.05) is 44.2 Å². The second kappa shape index (κ2) is 11.6. The molecule has 0 saturated carbocycles. The first-order valence-corrected chi connectivity index (χ1v) is 13.7. The van der Waals surface area contributed by atoms with E-state index in [4.69, 9.17) is 18.9 Å². The van der Waals surface area contributed by atoms with Crippen LogP contribution in [0.2, 0.25) is 0 Å². The summed E-state index contributed by atoms with van der Waals surface area (Å²) in [6, 6.07) is 10.3. The van der Waals surface area contributed by atoms with Crippen LogP contribution in [0.15, 0.2) is 61.9 Å². The highest BCUT2D eigenvalue weighted by Gasteiger charge is 2.33. The monoisotopic (exact) mass is 600 g/mol. The normalized spacial score (nSPS) is 15.3. The minimum Gasteiger partial charge on any atom is -0.496 e. The van der Waals surface area contributed by atoms with E-state index in [9.17, 15) is 9.59 Å². The summed E-state index contributed by atoms with van der Waals surface area (Å²) < 4.78 is 24.8. The average Bonchev–Trinajstić information content (AvgIpc) is 3.18. The van der Waals surface area contributed by atoms with Crippen LogP contribution in [0.5, 0.6) is 17.2 Å². The van der Waals surface area contributed by atoms with E-state index in [1.165, 1.54) is 11.3 Å². The number of benzene rings is 2. The smallest absolute Gasteiger partial charge is 0.338 e. The molecule has 0 saturated heterocycles. The highest BCUT2D eigenvalue weighted by Crippen LogP contribution is 2.34. The van der Waals surface area contributed by atoms with Crippen LogP contribution in [0.4, 0.5) is 0 Å². The Morgan fingerprint density at radius 1 is 1.16 bits per heavy atom. The van der Waals surface area contributed by atoms with Gasteiger partial charge in [0.05, 0.1) is 53.2 Å². The van der Waals surface area contributed by atoms with Gasteiger partial charge in [0.15, 0.2) is 4.80 Å². The number of ether oxygens (including phenoxy) is 4. The van der Waals surface area contributed by atoms with E-state index in [2.05, 4.69) is 20.9 Å². The minimum atomic E-state index is -0.704. The third-order valence-corrected chi connectivity index (χ3v) is 7.48. The van der Waals surface area contributed by atoms with Crippen LogP contribution in [0.25, 0.3) is 6.08 Å². The lowest BCUT2D eigenvalue weighted by Crippen LogP contribution is -2.39. The summed E-state index contributed by atoms with van der Waals surface area (Å²) >= 11 is 4.75. The molecule has 200 valence electrons. The second-order valence-corrected chi connectivity index (χ2v) is 10.6. The van der Waals surface area contributed by atoms with Crippen LogP contribution in [-0.2, 0) is 9.53 Å². The lowest BCUT2D eigenvalue weighted by molar-refractivity contribution is -0.139. The van der Waals surface area contributed by atoms with Crippen molar-refractivity contribution in [2.45, 2.75) is 39.8 Å². The van der Waals surface area contributed by atoms with Crippen LogP contribution in [-0.4, -0.2) is 37.5 Å². The van der Waals surface area contributed by atoms with Gasteiger partial charge in [-0.15, -0.1) is 0 Å². The maximum atomic E-state index is 13.9. The maximum absolute atomic E-state index is 13.9. The van der Waals surface area contributed by atoms with Gasteiger partial charge in [0.1, 0.15) is 17.2 Å². The van der Waals surface area contributed by atoms with Gasteiger partial charge in [-0.1, -0.05) is 23.5 Å². The van der Waals surface area contributed by atoms with Crippen molar-refractivity contribution in [3.63, 3.8) is 0 Å². The molecule has 1 aliphatic heterocycles. The number of nitrogens with zero attached hydrogens (tertiary/aromatic N) is 2. The fourth-order valence-electron chi connectivity index (χ4n) is 4.25. The topological polar surface area (TPSA) is 88.4 Å². The number of methoxy groups -OCH3 is 2. The molecule has 1 aromatic heterocycles. The molecule has 10 heteroatoms. The molecule has 0 N–H and O–H groups in total.